The molecule has 0 saturated carbocycles. The van der Waals surface area contributed by atoms with Gasteiger partial charge in [0.15, 0.2) is 0 Å². The summed E-state index contributed by atoms with van der Waals surface area (Å²) in [6, 6.07) is 18.2. The number of hydrogen-bond donors (Lipinski definition) is 1. The molecular formula is C23H19Cl2NO4. The van der Waals surface area contributed by atoms with Gasteiger partial charge in [-0.2, -0.15) is 0 Å². The van der Waals surface area contributed by atoms with Gasteiger partial charge in [0.25, 0.3) is 5.91 Å². The minimum absolute atomic E-state index is 0.292. The second-order valence-corrected chi connectivity index (χ2v) is 7.38. The standard InChI is InChI=1S/C23H19Cl2NO4/c1-14(15-6-8-16(9-7-15)23(28)29-2)26-22(27)20-13-18(25)10-11-21(20)30-19-5-3-4-17(24)12-19/h3-14H,1-2H3,(H,26,27)/t14-/m0/s1. The first-order chi connectivity index (χ1) is 14.4. The van der Waals surface area contributed by atoms with Gasteiger partial charge in [-0.1, -0.05) is 41.4 Å². The summed E-state index contributed by atoms with van der Waals surface area (Å²) in [5.41, 5.74) is 1.56. The molecule has 0 spiro atoms. The number of ether oxygens (including phenoxy) is 2. The van der Waals surface area contributed by atoms with Crippen molar-refractivity contribution in [3.8, 4) is 11.5 Å². The summed E-state index contributed by atoms with van der Waals surface area (Å²) >= 11 is 12.1. The van der Waals surface area contributed by atoms with Crippen molar-refractivity contribution < 1.29 is 19.1 Å². The van der Waals surface area contributed by atoms with Crippen LogP contribution in [-0.4, -0.2) is 19.0 Å². The Bertz CT molecular complexity index is 1070. The van der Waals surface area contributed by atoms with Crippen LogP contribution in [0.3, 0.4) is 0 Å². The number of esters is 1. The van der Waals surface area contributed by atoms with Crippen LogP contribution in [0.25, 0.3) is 0 Å². The largest absolute Gasteiger partial charge is 0.465 e. The molecule has 0 heterocycles. The second kappa shape index (κ2) is 9.65. The number of carbonyl (C=O) groups excluding carboxylic acids is 2. The lowest BCUT2D eigenvalue weighted by molar-refractivity contribution is 0.0600. The Morgan fingerprint density at radius 2 is 1.63 bits per heavy atom. The maximum atomic E-state index is 12.9. The van der Waals surface area contributed by atoms with Gasteiger partial charge in [0, 0.05) is 10.0 Å². The second-order valence-electron chi connectivity index (χ2n) is 6.51. The zero-order chi connectivity index (χ0) is 21.7. The molecule has 30 heavy (non-hydrogen) atoms. The Balaban J connectivity index is 1.79. The molecule has 7 heteroatoms. The molecule has 0 aliphatic carbocycles. The van der Waals surface area contributed by atoms with Gasteiger partial charge in [-0.15, -0.1) is 0 Å². The third kappa shape index (κ3) is 5.32. The van der Waals surface area contributed by atoms with Gasteiger partial charge in [-0.25, -0.2) is 4.79 Å². The molecular weight excluding hydrogens is 425 g/mol. The van der Waals surface area contributed by atoms with Crippen LogP contribution in [0.1, 0.15) is 39.2 Å². The van der Waals surface area contributed by atoms with Crippen molar-refractivity contribution in [3.05, 3.63) is 93.5 Å². The number of benzene rings is 3. The summed E-state index contributed by atoms with van der Waals surface area (Å²) in [6.45, 7) is 1.84. The average Bonchev–Trinajstić information content (AvgIpc) is 2.74. The third-order valence-corrected chi connectivity index (χ3v) is 4.86. The highest BCUT2D eigenvalue weighted by atomic mass is 35.5. The number of rotatable bonds is 6. The van der Waals surface area contributed by atoms with Crippen molar-refractivity contribution in [2.24, 2.45) is 0 Å². The molecule has 0 aromatic heterocycles. The quantitative estimate of drug-likeness (QED) is 0.469. The maximum absolute atomic E-state index is 12.9. The minimum Gasteiger partial charge on any atom is -0.465 e. The van der Waals surface area contributed by atoms with Gasteiger partial charge in [0.1, 0.15) is 11.5 Å². The number of nitrogens with one attached hydrogen (secondary N) is 1. The van der Waals surface area contributed by atoms with Crippen molar-refractivity contribution >= 4 is 35.1 Å². The van der Waals surface area contributed by atoms with E-state index in [4.69, 9.17) is 32.7 Å². The zero-order valence-electron chi connectivity index (χ0n) is 16.3. The Morgan fingerprint density at radius 3 is 2.30 bits per heavy atom. The molecule has 154 valence electrons. The van der Waals surface area contributed by atoms with Crippen molar-refractivity contribution in [2.45, 2.75) is 13.0 Å². The van der Waals surface area contributed by atoms with Crippen LogP contribution >= 0.6 is 23.2 Å². The Kier molecular flexibility index (Phi) is 6.98. The molecule has 0 unspecified atom stereocenters. The van der Waals surface area contributed by atoms with E-state index >= 15 is 0 Å². The molecule has 0 saturated heterocycles. The first-order valence-electron chi connectivity index (χ1n) is 9.09. The highest BCUT2D eigenvalue weighted by Crippen LogP contribution is 2.30. The van der Waals surface area contributed by atoms with E-state index in [0.29, 0.717) is 32.7 Å². The summed E-state index contributed by atoms with van der Waals surface area (Å²) in [4.78, 5) is 24.5. The summed E-state index contributed by atoms with van der Waals surface area (Å²) in [7, 11) is 1.33. The molecule has 3 rings (SSSR count). The highest BCUT2D eigenvalue weighted by molar-refractivity contribution is 6.31. The Labute approximate surface area is 184 Å². The van der Waals surface area contributed by atoms with E-state index in [1.165, 1.54) is 7.11 Å². The van der Waals surface area contributed by atoms with Crippen LogP contribution in [0.2, 0.25) is 10.0 Å². The van der Waals surface area contributed by atoms with Gasteiger partial charge in [-0.05, 0) is 61.0 Å². The van der Waals surface area contributed by atoms with E-state index < -0.39 is 5.97 Å². The molecule has 0 fully saturated rings. The van der Waals surface area contributed by atoms with Gasteiger partial charge in [0.05, 0.1) is 24.3 Å². The van der Waals surface area contributed by atoms with Crippen LogP contribution in [-0.2, 0) is 4.74 Å². The lowest BCUT2D eigenvalue weighted by Crippen LogP contribution is -2.27. The topological polar surface area (TPSA) is 64.6 Å². The molecule has 1 N–H and O–H groups in total. The van der Waals surface area contributed by atoms with Crippen molar-refractivity contribution in [1.82, 2.24) is 5.32 Å². The number of carbonyl (C=O) groups is 2. The molecule has 1 amide bonds. The predicted octanol–water partition coefficient (Wildman–Crippen LogP) is 6.06. The molecule has 0 aliphatic heterocycles. The normalized spacial score (nSPS) is 11.5. The van der Waals surface area contributed by atoms with E-state index in [2.05, 4.69) is 5.32 Å². The van der Waals surface area contributed by atoms with Gasteiger partial charge in [0.2, 0.25) is 0 Å². The number of amides is 1. The van der Waals surface area contributed by atoms with E-state index in [-0.39, 0.29) is 11.9 Å². The van der Waals surface area contributed by atoms with Crippen LogP contribution in [0, 0.1) is 0 Å². The third-order valence-electron chi connectivity index (χ3n) is 4.39. The number of halogens is 2. The maximum Gasteiger partial charge on any atom is 0.337 e. The molecule has 3 aromatic carbocycles. The summed E-state index contributed by atoms with van der Waals surface area (Å²) in [6.07, 6.45) is 0. The van der Waals surface area contributed by atoms with Crippen LogP contribution < -0.4 is 10.1 Å². The van der Waals surface area contributed by atoms with E-state index in [1.54, 1.807) is 66.7 Å². The molecule has 0 aliphatic rings. The minimum atomic E-state index is -0.417. The van der Waals surface area contributed by atoms with Crippen LogP contribution in [0.5, 0.6) is 11.5 Å². The van der Waals surface area contributed by atoms with Crippen LogP contribution in [0.15, 0.2) is 66.7 Å². The fourth-order valence-electron chi connectivity index (χ4n) is 2.81. The fourth-order valence-corrected chi connectivity index (χ4v) is 3.16. The van der Waals surface area contributed by atoms with Crippen molar-refractivity contribution in [3.63, 3.8) is 0 Å². The summed E-state index contributed by atoms with van der Waals surface area (Å²) in [5, 5.41) is 3.86. The van der Waals surface area contributed by atoms with Crippen LogP contribution in [0.4, 0.5) is 0 Å². The number of methoxy groups -OCH3 is 1. The van der Waals surface area contributed by atoms with Gasteiger partial charge in [-0.3, -0.25) is 4.79 Å². The molecule has 5 nitrogen and oxygen atoms in total. The fraction of sp³-hybridized carbons (Fsp3) is 0.130. The lowest BCUT2D eigenvalue weighted by Gasteiger charge is -2.17. The molecule has 0 bridgehead atoms. The van der Waals surface area contributed by atoms with E-state index in [1.807, 2.05) is 6.92 Å². The van der Waals surface area contributed by atoms with Gasteiger partial charge < -0.3 is 14.8 Å². The summed E-state index contributed by atoms with van der Waals surface area (Å²) < 4.78 is 10.5. The van der Waals surface area contributed by atoms with Gasteiger partial charge >= 0.3 is 5.97 Å². The Hall–Kier alpha value is -3.02. The molecule has 3 aromatic rings. The van der Waals surface area contributed by atoms with E-state index in [0.717, 1.165) is 5.56 Å². The first-order valence-corrected chi connectivity index (χ1v) is 9.85. The summed E-state index contributed by atoms with van der Waals surface area (Å²) in [5.74, 6) is 0.0942. The smallest absolute Gasteiger partial charge is 0.337 e. The SMILES string of the molecule is COC(=O)c1ccc([C@H](C)NC(=O)c2cc(Cl)ccc2Oc2cccc(Cl)c2)cc1. The first kappa shape index (κ1) is 21.7. The molecule has 1 atom stereocenters. The average molecular weight is 444 g/mol. The monoisotopic (exact) mass is 443 g/mol. The molecule has 0 radical (unpaired) electrons. The zero-order valence-corrected chi connectivity index (χ0v) is 17.8. The highest BCUT2D eigenvalue weighted by Gasteiger charge is 2.18. The van der Waals surface area contributed by atoms with Crippen molar-refractivity contribution in [1.29, 1.82) is 0 Å². The number of hydrogen-bond acceptors (Lipinski definition) is 4. The van der Waals surface area contributed by atoms with Crippen molar-refractivity contribution in [2.75, 3.05) is 7.11 Å². The lowest BCUT2D eigenvalue weighted by atomic mass is 10.1. The predicted molar refractivity (Wildman–Crippen MR) is 117 cm³/mol. The van der Waals surface area contributed by atoms with E-state index in [9.17, 15) is 9.59 Å². The Morgan fingerprint density at radius 1 is 0.933 bits per heavy atom.